The van der Waals surface area contributed by atoms with Crippen LogP contribution in [0, 0.1) is 10.1 Å². The van der Waals surface area contributed by atoms with Crippen LogP contribution >= 0.6 is 0 Å². The number of carbonyl (C=O) groups excluding carboxylic acids is 1. The molecule has 0 atom stereocenters. The minimum Gasteiger partial charge on any atom is -0.487 e. The van der Waals surface area contributed by atoms with Crippen LogP contribution in [0.2, 0.25) is 0 Å². The highest BCUT2D eigenvalue weighted by Crippen LogP contribution is 2.35. The third-order valence-electron chi connectivity index (χ3n) is 3.13. The van der Waals surface area contributed by atoms with Crippen LogP contribution in [0.4, 0.5) is 5.69 Å². The van der Waals surface area contributed by atoms with E-state index in [1.807, 2.05) is 6.92 Å². The fourth-order valence-electron chi connectivity index (χ4n) is 1.98. The summed E-state index contributed by atoms with van der Waals surface area (Å²) in [6.45, 7) is 2.93. The van der Waals surface area contributed by atoms with E-state index in [2.05, 4.69) is 0 Å². The van der Waals surface area contributed by atoms with Crippen molar-refractivity contribution in [3.05, 3.63) is 27.8 Å². The Bertz CT molecular complexity index is 560. The lowest BCUT2D eigenvalue weighted by atomic mass is 10.0. The minimum absolute atomic E-state index is 0.0216. The Morgan fingerprint density at radius 1 is 1.04 bits per heavy atom. The summed E-state index contributed by atoms with van der Waals surface area (Å²) < 4.78 is 20.9. The number of Topliss-reactive ketones (excluding diaryl/α,β-unsaturated/α-hetero) is 1. The number of benzene rings is 1. The van der Waals surface area contributed by atoms with E-state index in [-0.39, 0.29) is 48.2 Å². The molecule has 0 saturated heterocycles. The Balaban J connectivity index is 3.20. The van der Waals surface area contributed by atoms with Crippen molar-refractivity contribution in [1.82, 2.24) is 0 Å². The first kappa shape index (κ1) is 19.9. The molecular weight excluding hydrogens is 318 g/mol. The second kappa shape index (κ2) is 10.6. The van der Waals surface area contributed by atoms with E-state index >= 15 is 0 Å². The SMILES string of the molecule is CCCC(=O)c1cc(OCCOC)c(OCCOC)cc1[N+](=O)[O-]. The van der Waals surface area contributed by atoms with Crippen LogP contribution in [0.5, 0.6) is 11.5 Å². The molecule has 8 nitrogen and oxygen atoms in total. The quantitative estimate of drug-likeness (QED) is 0.249. The molecule has 1 aromatic carbocycles. The van der Waals surface area contributed by atoms with Crippen LogP contribution in [-0.2, 0) is 9.47 Å². The maximum atomic E-state index is 12.2. The molecule has 0 aromatic heterocycles. The van der Waals surface area contributed by atoms with E-state index in [0.717, 1.165) is 0 Å². The van der Waals surface area contributed by atoms with Gasteiger partial charge in [0.15, 0.2) is 17.3 Å². The third-order valence-corrected chi connectivity index (χ3v) is 3.13. The van der Waals surface area contributed by atoms with E-state index in [4.69, 9.17) is 18.9 Å². The molecule has 0 aliphatic heterocycles. The number of nitro benzene ring substituents is 1. The van der Waals surface area contributed by atoms with Gasteiger partial charge in [0.1, 0.15) is 13.2 Å². The van der Waals surface area contributed by atoms with Gasteiger partial charge in [-0.1, -0.05) is 6.92 Å². The zero-order valence-corrected chi connectivity index (χ0v) is 14.2. The van der Waals surface area contributed by atoms with Crippen molar-refractivity contribution >= 4 is 11.5 Å². The maximum absolute atomic E-state index is 12.2. The summed E-state index contributed by atoms with van der Waals surface area (Å²) in [5, 5.41) is 11.3. The molecule has 0 aliphatic rings. The Labute approximate surface area is 140 Å². The first-order valence-electron chi connectivity index (χ1n) is 7.64. The third kappa shape index (κ3) is 5.78. The number of nitrogens with zero attached hydrogens (tertiary/aromatic N) is 1. The van der Waals surface area contributed by atoms with Gasteiger partial charge in [-0.2, -0.15) is 0 Å². The van der Waals surface area contributed by atoms with Crippen molar-refractivity contribution in [2.75, 3.05) is 40.6 Å². The molecule has 8 heteroatoms. The molecule has 0 unspecified atom stereocenters. The number of carbonyl (C=O) groups is 1. The molecule has 134 valence electrons. The van der Waals surface area contributed by atoms with Crippen LogP contribution in [0.25, 0.3) is 0 Å². The summed E-state index contributed by atoms with van der Waals surface area (Å²) >= 11 is 0. The fraction of sp³-hybridized carbons (Fsp3) is 0.562. The van der Waals surface area contributed by atoms with Gasteiger partial charge in [0.2, 0.25) is 0 Å². The Hall–Kier alpha value is -2.19. The van der Waals surface area contributed by atoms with Gasteiger partial charge >= 0.3 is 0 Å². The van der Waals surface area contributed by atoms with Gasteiger partial charge in [-0.15, -0.1) is 0 Å². The highest BCUT2D eigenvalue weighted by molar-refractivity contribution is 6.00. The summed E-state index contributed by atoms with van der Waals surface area (Å²) in [5.41, 5.74) is -0.270. The molecule has 0 amide bonds. The molecule has 0 saturated carbocycles. The number of nitro groups is 1. The largest absolute Gasteiger partial charge is 0.487 e. The van der Waals surface area contributed by atoms with Crippen molar-refractivity contribution in [2.24, 2.45) is 0 Å². The standard InChI is InChI=1S/C16H23NO7/c1-4-5-14(18)12-10-15(23-8-6-21-2)16(24-9-7-22-3)11-13(12)17(19)20/h10-11H,4-9H2,1-3H3. The lowest BCUT2D eigenvalue weighted by Gasteiger charge is -2.14. The van der Waals surface area contributed by atoms with Crippen molar-refractivity contribution in [3.8, 4) is 11.5 Å². The predicted octanol–water partition coefficient (Wildman–Crippen LogP) is 2.63. The number of hydrogen-bond acceptors (Lipinski definition) is 7. The summed E-state index contributed by atoms with van der Waals surface area (Å²) in [5.74, 6) is 0.167. The van der Waals surface area contributed by atoms with E-state index in [0.29, 0.717) is 19.6 Å². The molecule has 0 spiro atoms. The smallest absolute Gasteiger partial charge is 0.284 e. The minimum atomic E-state index is -0.592. The lowest BCUT2D eigenvalue weighted by molar-refractivity contribution is -0.385. The first-order valence-corrected chi connectivity index (χ1v) is 7.64. The zero-order valence-electron chi connectivity index (χ0n) is 14.2. The Morgan fingerprint density at radius 2 is 1.58 bits per heavy atom. The summed E-state index contributed by atoms with van der Waals surface area (Å²) in [6.07, 6.45) is 0.824. The number of rotatable bonds is 12. The van der Waals surface area contributed by atoms with E-state index in [9.17, 15) is 14.9 Å². The topological polar surface area (TPSA) is 97.1 Å². The van der Waals surface area contributed by atoms with Gasteiger partial charge in [0.25, 0.3) is 5.69 Å². The Morgan fingerprint density at radius 3 is 2.04 bits per heavy atom. The average molecular weight is 341 g/mol. The summed E-state index contributed by atoms with van der Waals surface area (Å²) in [4.78, 5) is 22.9. The predicted molar refractivity (Wildman–Crippen MR) is 87.1 cm³/mol. The van der Waals surface area contributed by atoms with Crippen LogP contribution in [0.15, 0.2) is 12.1 Å². The van der Waals surface area contributed by atoms with Crippen molar-refractivity contribution < 1.29 is 28.7 Å². The number of hydrogen-bond donors (Lipinski definition) is 0. The Kier molecular flexibility index (Phi) is 8.74. The molecule has 0 bridgehead atoms. The van der Waals surface area contributed by atoms with Gasteiger partial charge in [0.05, 0.1) is 29.8 Å². The molecule has 0 radical (unpaired) electrons. The highest BCUT2D eigenvalue weighted by atomic mass is 16.6. The van der Waals surface area contributed by atoms with Crippen molar-refractivity contribution in [1.29, 1.82) is 0 Å². The van der Waals surface area contributed by atoms with Gasteiger partial charge in [0, 0.05) is 26.7 Å². The second-order valence-electron chi connectivity index (χ2n) is 4.93. The molecule has 0 aliphatic carbocycles. The molecule has 0 heterocycles. The monoisotopic (exact) mass is 341 g/mol. The number of ketones is 1. The summed E-state index contributed by atoms with van der Waals surface area (Å²) in [7, 11) is 3.06. The number of ether oxygens (including phenoxy) is 4. The molecule has 24 heavy (non-hydrogen) atoms. The van der Waals surface area contributed by atoms with Crippen molar-refractivity contribution in [2.45, 2.75) is 19.8 Å². The average Bonchev–Trinajstić information content (AvgIpc) is 2.55. The molecule has 1 rings (SSSR count). The lowest BCUT2D eigenvalue weighted by Crippen LogP contribution is -2.11. The first-order chi connectivity index (χ1) is 11.5. The van der Waals surface area contributed by atoms with Crippen LogP contribution in [-0.4, -0.2) is 51.4 Å². The number of methoxy groups -OCH3 is 2. The normalized spacial score (nSPS) is 10.5. The van der Waals surface area contributed by atoms with E-state index in [1.54, 1.807) is 0 Å². The second-order valence-corrected chi connectivity index (χ2v) is 4.93. The maximum Gasteiger partial charge on any atom is 0.284 e. The zero-order chi connectivity index (χ0) is 17.9. The van der Waals surface area contributed by atoms with Crippen LogP contribution < -0.4 is 9.47 Å². The molecule has 0 fully saturated rings. The molecule has 0 N–H and O–H groups in total. The van der Waals surface area contributed by atoms with E-state index in [1.165, 1.54) is 26.4 Å². The van der Waals surface area contributed by atoms with Crippen LogP contribution in [0.3, 0.4) is 0 Å². The van der Waals surface area contributed by atoms with Gasteiger partial charge in [-0.25, -0.2) is 0 Å². The summed E-state index contributed by atoms with van der Waals surface area (Å²) in [6, 6.07) is 2.59. The van der Waals surface area contributed by atoms with Crippen LogP contribution in [0.1, 0.15) is 30.1 Å². The van der Waals surface area contributed by atoms with Gasteiger partial charge in [-0.3, -0.25) is 14.9 Å². The van der Waals surface area contributed by atoms with Gasteiger partial charge in [-0.05, 0) is 6.42 Å². The van der Waals surface area contributed by atoms with Gasteiger partial charge < -0.3 is 18.9 Å². The molecular formula is C16H23NO7. The van der Waals surface area contributed by atoms with Crippen molar-refractivity contribution in [3.63, 3.8) is 0 Å². The highest BCUT2D eigenvalue weighted by Gasteiger charge is 2.24. The van der Waals surface area contributed by atoms with E-state index < -0.39 is 4.92 Å². The fourth-order valence-corrected chi connectivity index (χ4v) is 1.98. The molecule has 1 aromatic rings.